The van der Waals surface area contributed by atoms with Crippen LogP contribution in [0.4, 0.5) is 0 Å². The van der Waals surface area contributed by atoms with Crippen molar-refractivity contribution in [3.05, 3.63) is 48.0 Å². The van der Waals surface area contributed by atoms with Crippen LogP contribution in [0.15, 0.2) is 36.9 Å². The van der Waals surface area contributed by atoms with Crippen molar-refractivity contribution in [2.24, 2.45) is 5.73 Å². The molecule has 0 unspecified atom stereocenters. The highest BCUT2D eigenvalue weighted by Crippen LogP contribution is 2.19. The molecule has 1 rings (SSSR count). The van der Waals surface area contributed by atoms with E-state index in [0.29, 0.717) is 5.56 Å². The van der Waals surface area contributed by atoms with Crippen LogP contribution >= 0.6 is 0 Å². The number of rotatable bonds is 4. The standard InChI is InChI=1S/C12H14N2/c1-2-3-8-12(14)11-7-5-4-6-10(11)9-13/h2,4-7,12H,1,3,8,14H2/t12-/m1/s1. The van der Waals surface area contributed by atoms with Crippen LogP contribution in [0.3, 0.4) is 0 Å². The number of allylic oxidation sites excluding steroid dienone is 1. The van der Waals surface area contributed by atoms with Crippen LogP contribution < -0.4 is 5.73 Å². The molecule has 0 spiro atoms. The summed E-state index contributed by atoms with van der Waals surface area (Å²) in [4.78, 5) is 0. The summed E-state index contributed by atoms with van der Waals surface area (Å²) in [5.41, 5.74) is 7.56. The van der Waals surface area contributed by atoms with Crippen LogP contribution in [0, 0.1) is 11.3 Å². The lowest BCUT2D eigenvalue weighted by atomic mass is 9.98. The van der Waals surface area contributed by atoms with Crippen LogP contribution in [0.5, 0.6) is 0 Å². The Bertz CT molecular complexity index is 350. The fourth-order valence-corrected chi connectivity index (χ4v) is 1.38. The SMILES string of the molecule is C=CCC[C@@H](N)c1ccccc1C#N. The van der Waals surface area contributed by atoms with Crippen molar-refractivity contribution < 1.29 is 0 Å². The number of nitrogens with two attached hydrogens (primary N) is 1. The maximum Gasteiger partial charge on any atom is 0.0995 e. The van der Waals surface area contributed by atoms with E-state index in [9.17, 15) is 0 Å². The predicted molar refractivity (Wildman–Crippen MR) is 57.5 cm³/mol. The fourth-order valence-electron chi connectivity index (χ4n) is 1.38. The molecule has 2 nitrogen and oxygen atoms in total. The van der Waals surface area contributed by atoms with E-state index in [1.165, 1.54) is 0 Å². The van der Waals surface area contributed by atoms with Gasteiger partial charge in [-0.3, -0.25) is 0 Å². The first-order chi connectivity index (χ1) is 6.79. The van der Waals surface area contributed by atoms with Gasteiger partial charge in [-0.2, -0.15) is 5.26 Å². The number of hydrogen-bond donors (Lipinski definition) is 1. The monoisotopic (exact) mass is 186 g/mol. The number of nitrogens with zero attached hydrogens (tertiary/aromatic N) is 1. The third-order valence-corrected chi connectivity index (χ3v) is 2.16. The van der Waals surface area contributed by atoms with Gasteiger partial charge in [0.05, 0.1) is 11.6 Å². The maximum absolute atomic E-state index is 8.87. The third-order valence-electron chi connectivity index (χ3n) is 2.16. The van der Waals surface area contributed by atoms with Crippen molar-refractivity contribution in [1.82, 2.24) is 0 Å². The summed E-state index contributed by atoms with van der Waals surface area (Å²) in [6, 6.07) is 9.54. The molecule has 1 aromatic carbocycles. The number of benzene rings is 1. The van der Waals surface area contributed by atoms with E-state index in [0.717, 1.165) is 18.4 Å². The zero-order valence-electron chi connectivity index (χ0n) is 8.11. The summed E-state index contributed by atoms with van der Waals surface area (Å²) in [6.45, 7) is 3.65. The summed E-state index contributed by atoms with van der Waals surface area (Å²) in [7, 11) is 0. The van der Waals surface area contributed by atoms with E-state index in [1.54, 1.807) is 6.07 Å². The molecule has 1 atom stereocenters. The molecule has 0 saturated carbocycles. The molecule has 0 heterocycles. The van der Waals surface area contributed by atoms with Crippen LogP contribution in [0.2, 0.25) is 0 Å². The van der Waals surface area contributed by atoms with Crippen LogP contribution in [0.1, 0.15) is 30.0 Å². The molecule has 0 aromatic heterocycles. The van der Waals surface area contributed by atoms with Gasteiger partial charge in [0, 0.05) is 6.04 Å². The molecule has 0 fully saturated rings. The first kappa shape index (κ1) is 10.5. The Labute approximate surface area is 84.7 Å². The average molecular weight is 186 g/mol. The first-order valence-corrected chi connectivity index (χ1v) is 4.65. The molecule has 0 saturated heterocycles. The molecule has 0 aliphatic rings. The summed E-state index contributed by atoms with van der Waals surface area (Å²) >= 11 is 0. The molecule has 0 radical (unpaired) electrons. The first-order valence-electron chi connectivity index (χ1n) is 4.65. The van der Waals surface area contributed by atoms with Gasteiger partial charge in [-0.1, -0.05) is 24.3 Å². The Morgan fingerprint density at radius 1 is 1.50 bits per heavy atom. The molecule has 1 aromatic rings. The van der Waals surface area contributed by atoms with E-state index in [2.05, 4.69) is 12.6 Å². The molecule has 0 bridgehead atoms. The normalized spacial score (nSPS) is 11.7. The average Bonchev–Trinajstić information content (AvgIpc) is 2.25. The van der Waals surface area contributed by atoms with Crippen LogP contribution in [-0.4, -0.2) is 0 Å². The molecule has 72 valence electrons. The zero-order valence-corrected chi connectivity index (χ0v) is 8.11. The zero-order chi connectivity index (χ0) is 10.4. The molecule has 0 amide bonds. The fraction of sp³-hybridized carbons (Fsp3) is 0.250. The summed E-state index contributed by atoms with van der Waals surface area (Å²) in [5.74, 6) is 0. The number of nitriles is 1. The minimum Gasteiger partial charge on any atom is -0.324 e. The van der Waals surface area contributed by atoms with Crippen LogP contribution in [0.25, 0.3) is 0 Å². The van der Waals surface area contributed by atoms with Gasteiger partial charge in [0.2, 0.25) is 0 Å². The van der Waals surface area contributed by atoms with Crippen molar-refractivity contribution in [1.29, 1.82) is 5.26 Å². The second kappa shape index (κ2) is 5.21. The molecule has 14 heavy (non-hydrogen) atoms. The largest absolute Gasteiger partial charge is 0.324 e. The highest BCUT2D eigenvalue weighted by atomic mass is 14.6. The Morgan fingerprint density at radius 2 is 2.21 bits per heavy atom. The van der Waals surface area contributed by atoms with Gasteiger partial charge in [-0.15, -0.1) is 6.58 Å². The lowest BCUT2D eigenvalue weighted by Gasteiger charge is -2.11. The molecule has 0 aliphatic carbocycles. The van der Waals surface area contributed by atoms with Crippen LogP contribution in [-0.2, 0) is 0 Å². The van der Waals surface area contributed by atoms with Crippen molar-refractivity contribution >= 4 is 0 Å². The van der Waals surface area contributed by atoms with E-state index in [1.807, 2.05) is 24.3 Å². The molecular formula is C12H14N2. The maximum atomic E-state index is 8.87. The van der Waals surface area contributed by atoms with Gasteiger partial charge < -0.3 is 5.73 Å². The van der Waals surface area contributed by atoms with Crippen molar-refractivity contribution in [3.8, 4) is 6.07 Å². The minimum atomic E-state index is -0.0659. The van der Waals surface area contributed by atoms with Gasteiger partial charge in [0.1, 0.15) is 0 Å². The minimum absolute atomic E-state index is 0.0659. The smallest absolute Gasteiger partial charge is 0.0995 e. The Morgan fingerprint density at radius 3 is 2.86 bits per heavy atom. The van der Waals surface area contributed by atoms with Gasteiger partial charge in [0.15, 0.2) is 0 Å². The third kappa shape index (κ3) is 2.45. The number of hydrogen-bond acceptors (Lipinski definition) is 2. The molecule has 2 heteroatoms. The summed E-state index contributed by atoms with van der Waals surface area (Å²) in [5, 5.41) is 8.87. The second-order valence-electron chi connectivity index (χ2n) is 3.17. The summed E-state index contributed by atoms with van der Waals surface area (Å²) in [6.07, 6.45) is 3.55. The molecular weight excluding hydrogens is 172 g/mol. The Kier molecular flexibility index (Phi) is 3.90. The highest BCUT2D eigenvalue weighted by Gasteiger charge is 2.08. The van der Waals surface area contributed by atoms with Gasteiger partial charge in [-0.25, -0.2) is 0 Å². The van der Waals surface area contributed by atoms with E-state index >= 15 is 0 Å². The Balaban J connectivity index is 2.83. The topological polar surface area (TPSA) is 49.8 Å². The van der Waals surface area contributed by atoms with Gasteiger partial charge >= 0.3 is 0 Å². The highest BCUT2D eigenvalue weighted by molar-refractivity contribution is 5.39. The van der Waals surface area contributed by atoms with Gasteiger partial charge in [0.25, 0.3) is 0 Å². The van der Waals surface area contributed by atoms with Gasteiger partial charge in [-0.05, 0) is 24.5 Å². The quantitative estimate of drug-likeness (QED) is 0.734. The van der Waals surface area contributed by atoms with E-state index in [-0.39, 0.29) is 6.04 Å². The van der Waals surface area contributed by atoms with Crippen molar-refractivity contribution in [2.75, 3.05) is 0 Å². The lowest BCUT2D eigenvalue weighted by Crippen LogP contribution is -2.11. The predicted octanol–water partition coefficient (Wildman–Crippen LogP) is 2.52. The van der Waals surface area contributed by atoms with Crippen molar-refractivity contribution in [3.63, 3.8) is 0 Å². The Hall–Kier alpha value is -1.59. The van der Waals surface area contributed by atoms with E-state index in [4.69, 9.17) is 11.0 Å². The van der Waals surface area contributed by atoms with E-state index < -0.39 is 0 Å². The molecule has 2 N–H and O–H groups in total. The second-order valence-corrected chi connectivity index (χ2v) is 3.17. The molecule has 0 aliphatic heterocycles. The van der Waals surface area contributed by atoms with Crippen molar-refractivity contribution in [2.45, 2.75) is 18.9 Å². The summed E-state index contributed by atoms with van der Waals surface area (Å²) < 4.78 is 0. The lowest BCUT2D eigenvalue weighted by molar-refractivity contribution is 0.660.